The second-order valence-corrected chi connectivity index (χ2v) is 6.69. The van der Waals surface area contributed by atoms with Gasteiger partial charge in [0, 0.05) is 37.3 Å². The van der Waals surface area contributed by atoms with Crippen LogP contribution in [-0.2, 0) is 4.79 Å². The molecule has 138 valence electrons. The van der Waals surface area contributed by atoms with Gasteiger partial charge in [0.1, 0.15) is 11.6 Å². The van der Waals surface area contributed by atoms with Gasteiger partial charge in [-0.25, -0.2) is 8.78 Å². The summed E-state index contributed by atoms with van der Waals surface area (Å²) in [5, 5.41) is 9.04. The fraction of sp³-hybridized carbons (Fsp3) is 0.350. The fourth-order valence-corrected chi connectivity index (χ4v) is 3.61. The van der Waals surface area contributed by atoms with Crippen molar-refractivity contribution in [3.63, 3.8) is 0 Å². The molecule has 6 heteroatoms. The van der Waals surface area contributed by atoms with Crippen LogP contribution in [0.25, 0.3) is 0 Å². The van der Waals surface area contributed by atoms with Gasteiger partial charge in [0.05, 0.1) is 12.6 Å². The first-order chi connectivity index (χ1) is 12.5. The van der Waals surface area contributed by atoms with Crippen molar-refractivity contribution < 1.29 is 18.7 Å². The fourth-order valence-electron chi connectivity index (χ4n) is 3.61. The average molecular weight is 360 g/mol. The summed E-state index contributed by atoms with van der Waals surface area (Å²) in [5.74, 6) is -2.02. The van der Waals surface area contributed by atoms with E-state index in [4.69, 9.17) is 5.11 Å². The van der Waals surface area contributed by atoms with Crippen LogP contribution in [0, 0.1) is 11.6 Å². The van der Waals surface area contributed by atoms with Crippen molar-refractivity contribution in [2.24, 2.45) is 0 Å². The van der Waals surface area contributed by atoms with Crippen molar-refractivity contribution in [3.8, 4) is 0 Å². The van der Waals surface area contributed by atoms with Crippen molar-refractivity contribution >= 4 is 5.97 Å². The molecule has 0 bridgehead atoms. The summed E-state index contributed by atoms with van der Waals surface area (Å²) in [6.45, 7) is 3.76. The van der Waals surface area contributed by atoms with Crippen molar-refractivity contribution in [1.29, 1.82) is 0 Å². The molecule has 1 fully saturated rings. The predicted molar refractivity (Wildman–Crippen MR) is 94.9 cm³/mol. The Morgan fingerprint density at radius 1 is 1.19 bits per heavy atom. The normalized spacial score (nSPS) is 20.0. The van der Waals surface area contributed by atoms with Gasteiger partial charge in [-0.2, -0.15) is 0 Å². The van der Waals surface area contributed by atoms with Gasteiger partial charge in [-0.15, -0.1) is 0 Å². The molecule has 0 radical (unpaired) electrons. The molecule has 1 unspecified atom stereocenters. The minimum absolute atomic E-state index is 0.00405. The second kappa shape index (κ2) is 7.93. The molecule has 0 amide bonds. The monoisotopic (exact) mass is 360 g/mol. The van der Waals surface area contributed by atoms with Crippen molar-refractivity contribution in [2.45, 2.75) is 19.0 Å². The number of nitrogens with zero attached hydrogens (tertiary/aromatic N) is 2. The maximum absolute atomic E-state index is 14.5. The van der Waals surface area contributed by atoms with E-state index < -0.39 is 17.6 Å². The Bertz CT molecular complexity index is 770. The molecule has 0 aliphatic carbocycles. The molecule has 3 rings (SSSR count). The first kappa shape index (κ1) is 18.5. The number of piperazine rings is 1. The van der Waals surface area contributed by atoms with E-state index in [1.165, 1.54) is 12.1 Å². The Labute approximate surface area is 151 Å². The van der Waals surface area contributed by atoms with Gasteiger partial charge in [-0.05, 0) is 18.6 Å². The SMILES string of the molecule is C[C@@H]1CN(C(c2ccccc2)c2ccc(F)cc2F)CCN1CC(=O)O. The Kier molecular flexibility index (Phi) is 5.64. The molecule has 26 heavy (non-hydrogen) atoms. The molecule has 0 saturated carbocycles. The van der Waals surface area contributed by atoms with Gasteiger partial charge in [-0.3, -0.25) is 14.6 Å². The van der Waals surface area contributed by atoms with Gasteiger partial charge in [0.15, 0.2) is 0 Å². The maximum Gasteiger partial charge on any atom is 0.317 e. The average Bonchev–Trinajstić information content (AvgIpc) is 2.60. The first-order valence-corrected chi connectivity index (χ1v) is 8.65. The summed E-state index contributed by atoms with van der Waals surface area (Å²) < 4.78 is 27.9. The Morgan fingerprint density at radius 3 is 2.54 bits per heavy atom. The van der Waals surface area contributed by atoms with E-state index in [9.17, 15) is 13.6 Å². The lowest BCUT2D eigenvalue weighted by Crippen LogP contribution is -2.54. The van der Waals surface area contributed by atoms with Crippen LogP contribution in [0.15, 0.2) is 48.5 Å². The summed E-state index contributed by atoms with van der Waals surface area (Å²) in [6, 6.07) is 12.9. The van der Waals surface area contributed by atoms with Gasteiger partial charge < -0.3 is 5.11 Å². The predicted octanol–water partition coefficient (Wildman–Crippen LogP) is 3.14. The lowest BCUT2D eigenvalue weighted by atomic mass is 9.95. The molecule has 2 atom stereocenters. The molecule has 0 spiro atoms. The third-order valence-corrected chi connectivity index (χ3v) is 4.87. The molecule has 1 N–H and O–H groups in total. The summed E-state index contributed by atoms with van der Waals surface area (Å²) in [4.78, 5) is 15.0. The molecular weight excluding hydrogens is 338 g/mol. The highest BCUT2D eigenvalue weighted by atomic mass is 19.1. The summed E-state index contributed by atoms with van der Waals surface area (Å²) >= 11 is 0. The van der Waals surface area contributed by atoms with Crippen LogP contribution in [0.2, 0.25) is 0 Å². The number of carboxylic acids is 1. The van der Waals surface area contributed by atoms with Crippen molar-refractivity contribution in [2.75, 3.05) is 26.2 Å². The lowest BCUT2D eigenvalue weighted by Gasteiger charge is -2.43. The topological polar surface area (TPSA) is 43.8 Å². The van der Waals surface area contributed by atoms with Crippen LogP contribution in [0.1, 0.15) is 24.1 Å². The number of rotatable bonds is 5. The van der Waals surface area contributed by atoms with E-state index >= 15 is 0 Å². The van der Waals surface area contributed by atoms with Crippen molar-refractivity contribution in [3.05, 3.63) is 71.3 Å². The van der Waals surface area contributed by atoms with E-state index in [0.717, 1.165) is 11.6 Å². The number of halogens is 2. The number of hydrogen-bond donors (Lipinski definition) is 1. The molecule has 4 nitrogen and oxygen atoms in total. The van der Waals surface area contributed by atoms with Crippen LogP contribution in [0.3, 0.4) is 0 Å². The van der Waals surface area contributed by atoms with Gasteiger partial charge >= 0.3 is 5.97 Å². The number of benzene rings is 2. The lowest BCUT2D eigenvalue weighted by molar-refractivity contribution is -0.139. The standard InChI is InChI=1S/C20H22F2N2O2/c1-14-12-24(10-9-23(14)13-19(25)26)20(15-5-3-2-4-6-15)17-8-7-16(21)11-18(17)22/h2-8,11,14,20H,9-10,12-13H2,1H3,(H,25,26)/t14-,20?/m1/s1. The Balaban J connectivity index is 1.91. The highest BCUT2D eigenvalue weighted by molar-refractivity contribution is 5.69. The molecule has 1 aliphatic rings. The van der Waals surface area contributed by atoms with Crippen molar-refractivity contribution in [1.82, 2.24) is 9.80 Å². The third-order valence-electron chi connectivity index (χ3n) is 4.87. The maximum atomic E-state index is 14.5. The zero-order valence-corrected chi connectivity index (χ0v) is 14.6. The number of carbonyl (C=O) groups is 1. The number of aliphatic carboxylic acids is 1. The van der Waals surface area contributed by atoms with E-state index in [0.29, 0.717) is 25.2 Å². The van der Waals surface area contributed by atoms with Crippen LogP contribution in [-0.4, -0.2) is 53.1 Å². The molecule has 2 aromatic rings. The summed E-state index contributed by atoms with van der Waals surface area (Å²) in [6.07, 6.45) is 0. The van der Waals surface area contributed by atoms with E-state index in [2.05, 4.69) is 4.90 Å². The third kappa shape index (κ3) is 4.08. The van der Waals surface area contributed by atoms with Gasteiger partial charge in [-0.1, -0.05) is 36.4 Å². The Morgan fingerprint density at radius 2 is 1.92 bits per heavy atom. The van der Waals surface area contributed by atoms with Crippen LogP contribution in [0.4, 0.5) is 8.78 Å². The first-order valence-electron chi connectivity index (χ1n) is 8.65. The van der Waals surface area contributed by atoms with E-state index in [-0.39, 0.29) is 18.6 Å². The quantitative estimate of drug-likeness (QED) is 0.890. The van der Waals surface area contributed by atoms with Crippen LogP contribution in [0.5, 0.6) is 0 Å². The highest BCUT2D eigenvalue weighted by Crippen LogP contribution is 2.32. The van der Waals surface area contributed by atoms with E-state index in [1.54, 1.807) is 0 Å². The zero-order valence-electron chi connectivity index (χ0n) is 14.6. The van der Waals surface area contributed by atoms with E-state index in [1.807, 2.05) is 42.2 Å². The molecule has 1 saturated heterocycles. The Hall–Kier alpha value is -2.31. The molecule has 1 heterocycles. The molecule has 0 aromatic heterocycles. The minimum Gasteiger partial charge on any atom is -0.480 e. The molecule has 2 aromatic carbocycles. The smallest absolute Gasteiger partial charge is 0.317 e. The van der Waals surface area contributed by atoms with Crippen LogP contribution < -0.4 is 0 Å². The van der Waals surface area contributed by atoms with Crippen LogP contribution >= 0.6 is 0 Å². The second-order valence-electron chi connectivity index (χ2n) is 6.69. The van der Waals surface area contributed by atoms with Gasteiger partial charge in [0.2, 0.25) is 0 Å². The largest absolute Gasteiger partial charge is 0.480 e. The zero-order chi connectivity index (χ0) is 18.7. The summed E-state index contributed by atoms with van der Waals surface area (Å²) in [7, 11) is 0. The molecular formula is C20H22F2N2O2. The number of hydrogen-bond acceptors (Lipinski definition) is 3. The molecule has 1 aliphatic heterocycles. The highest BCUT2D eigenvalue weighted by Gasteiger charge is 2.32. The number of carboxylic acid groups (broad SMARTS) is 1. The van der Waals surface area contributed by atoms with Gasteiger partial charge in [0.25, 0.3) is 0 Å². The minimum atomic E-state index is -0.852. The summed E-state index contributed by atoms with van der Waals surface area (Å²) in [5.41, 5.74) is 1.35.